The van der Waals surface area contributed by atoms with E-state index in [0.717, 1.165) is 31.5 Å². The average molecular weight is 483 g/mol. The van der Waals surface area contributed by atoms with Gasteiger partial charge in [-0.25, -0.2) is 4.98 Å². The van der Waals surface area contributed by atoms with Crippen molar-refractivity contribution in [2.75, 3.05) is 18.0 Å². The first-order valence-electron chi connectivity index (χ1n) is 11.0. The van der Waals surface area contributed by atoms with Crippen LogP contribution in [0.5, 0.6) is 0 Å². The highest BCUT2D eigenvalue weighted by Gasteiger charge is 2.33. The third-order valence-electron chi connectivity index (χ3n) is 5.39. The Morgan fingerprint density at radius 1 is 1.18 bits per heavy atom. The molecule has 0 atom stereocenters. The summed E-state index contributed by atoms with van der Waals surface area (Å²) >= 11 is 6.65. The van der Waals surface area contributed by atoms with Crippen molar-refractivity contribution < 1.29 is 9.21 Å². The van der Waals surface area contributed by atoms with Gasteiger partial charge in [-0.1, -0.05) is 43.9 Å². The van der Waals surface area contributed by atoms with Gasteiger partial charge in [-0.15, -0.1) is 0 Å². The first-order chi connectivity index (χ1) is 15.9. The topological polar surface area (TPSA) is 71.1 Å². The van der Waals surface area contributed by atoms with Gasteiger partial charge in [0, 0.05) is 19.3 Å². The zero-order valence-corrected chi connectivity index (χ0v) is 20.5. The maximum Gasteiger partial charge on any atom is 0.267 e. The average Bonchev–Trinajstić information content (AvgIpc) is 3.40. The van der Waals surface area contributed by atoms with Crippen molar-refractivity contribution in [3.8, 4) is 0 Å². The van der Waals surface area contributed by atoms with E-state index in [2.05, 4.69) is 18.7 Å². The van der Waals surface area contributed by atoms with Gasteiger partial charge in [0.15, 0.2) is 0 Å². The Hall–Kier alpha value is -2.91. The number of nitrogens with zero attached hydrogens (tertiary/aromatic N) is 4. The molecule has 1 aliphatic heterocycles. The lowest BCUT2D eigenvalue weighted by Crippen LogP contribution is -2.31. The number of carbonyl (C=O) groups is 1. The van der Waals surface area contributed by atoms with Crippen LogP contribution in [0.4, 0.5) is 5.82 Å². The number of hydrogen-bond acceptors (Lipinski definition) is 7. The highest BCUT2D eigenvalue weighted by atomic mass is 32.2. The maximum atomic E-state index is 13.6. The molecular weight excluding hydrogens is 456 g/mol. The number of furan rings is 1. The van der Waals surface area contributed by atoms with Crippen LogP contribution in [0.25, 0.3) is 11.7 Å². The standard InChI is InChI=1S/C24H26N4O3S2/c1-4-10-26(11-5-2)21-18(22(29)27-12-6-8-16(3)20(27)25-21)14-19-23(30)28(24(32)33-19)15-17-9-7-13-31-17/h6-9,12-14H,4-5,10-11,15H2,1-3H3/b19-14-. The van der Waals surface area contributed by atoms with Crippen molar-refractivity contribution in [3.05, 3.63) is 68.9 Å². The number of thioether (sulfide) groups is 1. The molecule has 0 N–H and O–H groups in total. The summed E-state index contributed by atoms with van der Waals surface area (Å²) in [4.78, 5) is 35.7. The fourth-order valence-electron chi connectivity index (χ4n) is 3.86. The van der Waals surface area contributed by atoms with Crippen LogP contribution < -0.4 is 10.5 Å². The Morgan fingerprint density at radius 2 is 1.94 bits per heavy atom. The Morgan fingerprint density at radius 3 is 2.61 bits per heavy atom. The molecule has 33 heavy (non-hydrogen) atoms. The fourth-order valence-corrected chi connectivity index (χ4v) is 5.09. The minimum absolute atomic E-state index is 0.202. The molecule has 0 aliphatic carbocycles. The number of aromatic nitrogens is 2. The van der Waals surface area contributed by atoms with Crippen molar-refractivity contribution >= 4 is 51.7 Å². The lowest BCUT2D eigenvalue weighted by atomic mass is 10.2. The van der Waals surface area contributed by atoms with E-state index in [1.807, 2.05) is 19.1 Å². The Kier molecular flexibility index (Phi) is 6.99. The largest absolute Gasteiger partial charge is 0.467 e. The van der Waals surface area contributed by atoms with Crippen molar-refractivity contribution in [2.45, 2.75) is 40.2 Å². The fraction of sp³-hybridized carbons (Fsp3) is 0.333. The molecule has 0 aromatic carbocycles. The molecule has 7 nitrogen and oxygen atoms in total. The summed E-state index contributed by atoms with van der Waals surface area (Å²) in [5.74, 6) is 1.01. The van der Waals surface area contributed by atoms with E-state index in [1.165, 1.54) is 16.7 Å². The minimum Gasteiger partial charge on any atom is -0.467 e. The van der Waals surface area contributed by atoms with Gasteiger partial charge in [0.2, 0.25) is 0 Å². The number of pyridine rings is 1. The summed E-state index contributed by atoms with van der Waals surface area (Å²) in [6.07, 6.45) is 6.76. The number of aryl methyl sites for hydroxylation is 1. The molecule has 4 heterocycles. The Labute approximate surface area is 202 Å². The van der Waals surface area contributed by atoms with Gasteiger partial charge in [-0.2, -0.15) is 0 Å². The number of rotatable bonds is 8. The quantitative estimate of drug-likeness (QED) is 0.343. The van der Waals surface area contributed by atoms with Crippen molar-refractivity contribution in [1.82, 2.24) is 14.3 Å². The smallest absolute Gasteiger partial charge is 0.267 e. The van der Waals surface area contributed by atoms with Gasteiger partial charge in [0.05, 0.1) is 23.3 Å². The maximum absolute atomic E-state index is 13.6. The van der Waals surface area contributed by atoms with Crippen LogP contribution in [0.3, 0.4) is 0 Å². The molecule has 3 aromatic rings. The molecular formula is C24H26N4O3S2. The Bertz CT molecular complexity index is 1270. The van der Waals surface area contributed by atoms with Crippen LogP contribution in [0.1, 0.15) is 43.6 Å². The second kappa shape index (κ2) is 9.93. The monoisotopic (exact) mass is 482 g/mol. The predicted molar refractivity (Wildman–Crippen MR) is 136 cm³/mol. The first kappa shape index (κ1) is 23.3. The minimum atomic E-state index is -0.237. The van der Waals surface area contributed by atoms with Gasteiger partial charge in [-0.3, -0.25) is 18.9 Å². The van der Waals surface area contributed by atoms with E-state index >= 15 is 0 Å². The van der Waals surface area contributed by atoms with E-state index < -0.39 is 0 Å². The van der Waals surface area contributed by atoms with Crippen LogP contribution in [-0.4, -0.2) is 37.6 Å². The summed E-state index contributed by atoms with van der Waals surface area (Å²) in [6.45, 7) is 7.93. The van der Waals surface area contributed by atoms with Crippen LogP contribution in [-0.2, 0) is 11.3 Å². The number of anilines is 1. The van der Waals surface area contributed by atoms with Gasteiger partial charge >= 0.3 is 0 Å². The molecule has 172 valence electrons. The first-order valence-corrected chi connectivity index (χ1v) is 12.2. The van der Waals surface area contributed by atoms with E-state index in [9.17, 15) is 9.59 Å². The number of fused-ring (bicyclic) bond motifs is 1. The van der Waals surface area contributed by atoms with Crippen LogP contribution >= 0.6 is 24.0 Å². The second-order valence-electron chi connectivity index (χ2n) is 7.87. The molecule has 0 spiro atoms. The highest BCUT2D eigenvalue weighted by Crippen LogP contribution is 2.34. The van der Waals surface area contributed by atoms with Crippen molar-refractivity contribution in [2.24, 2.45) is 0 Å². The van der Waals surface area contributed by atoms with Gasteiger partial charge in [0.1, 0.15) is 21.5 Å². The highest BCUT2D eigenvalue weighted by molar-refractivity contribution is 8.26. The van der Waals surface area contributed by atoms with Crippen LogP contribution in [0.15, 0.2) is 50.8 Å². The molecule has 1 aliphatic rings. The summed E-state index contributed by atoms with van der Waals surface area (Å²) in [5.41, 5.74) is 1.74. The summed E-state index contributed by atoms with van der Waals surface area (Å²) in [6, 6.07) is 7.34. The number of thiocarbonyl (C=S) groups is 1. The summed E-state index contributed by atoms with van der Waals surface area (Å²) in [7, 11) is 0. The number of hydrogen-bond donors (Lipinski definition) is 0. The van der Waals surface area contributed by atoms with Gasteiger partial charge in [-0.05, 0) is 49.6 Å². The molecule has 9 heteroatoms. The van der Waals surface area contributed by atoms with Crippen LogP contribution in [0.2, 0.25) is 0 Å². The molecule has 0 bridgehead atoms. The third-order valence-corrected chi connectivity index (χ3v) is 6.77. The summed E-state index contributed by atoms with van der Waals surface area (Å²) < 4.78 is 7.36. The summed E-state index contributed by atoms with van der Waals surface area (Å²) in [5, 5.41) is 0. The molecule has 0 unspecified atom stereocenters. The number of carbonyl (C=O) groups excluding carboxylic acids is 1. The molecule has 1 saturated heterocycles. The van der Waals surface area contributed by atoms with Gasteiger partial charge in [0.25, 0.3) is 11.5 Å². The van der Waals surface area contributed by atoms with E-state index in [0.29, 0.717) is 32.0 Å². The molecule has 4 rings (SSSR count). The molecule has 0 radical (unpaired) electrons. The molecule has 1 amide bonds. The van der Waals surface area contributed by atoms with E-state index in [4.69, 9.17) is 21.6 Å². The zero-order valence-electron chi connectivity index (χ0n) is 18.9. The van der Waals surface area contributed by atoms with E-state index in [-0.39, 0.29) is 18.0 Å². The lowest BCUT2D eigenvalue weighted by molar-refractivity contribution is -0.122. The van der Waals surface area contributed by atoms with E-state index in [1.54, 1.807) is 35.1 Å². The molecule has 1 fully saturated rings. The molecule has 3 aromatic heterocycles. The predicted octanol–water partition coefficient (Wildman–Crippen LogP) is 4.62. The molecule has 0 saturated carbocycles. The van der Waals surface area contributed by atoms with Crippen LogP contribution in [0, 0.1) is 6.92 Å². The van der Waals surface area contributed by atoms with Crippen molar-refractivity contribution in [3.63, 3.8) is 0 Å². The SMILES string of the molecule is CCCN(CCC)c1nc2c(C)cccn2c(=O)c1/C=C1\SC(=S)N(Cc2ccco2)C1=O. The third kappa shape index (κ3) is 4.60. The number of amides is 1. The Balaban J connectivity index is 1.83. The lowest BCUT2D eigenvalue weighted by Gasteiger charge is -2.25. The van der Waals surface area contributed by atoms with Gasteiger partial charge < -0.3 is 9.32 Å². The zero-order chi connectivity index (χ0) is 23.5. The second-order valence-corrected chi connectivity index (χ2v) is 9.55. The van der Waals surface area contributed by atoms with Crippen molar-refractivity contribution in [1.29, 1.82) is 0 Å². The normalized spacial score (nSPS) is 15.2.